The molecule has 4 nitrogen and oxygen atoms in total. The van der Waals surface area contributed by atoms with Gasteiger partial charge in [-0.1, -0.05) is 24.6 Å². The van der Waals surface area contributed by atoms with Crippen LogP contribution in [0.5, 0.6) is 0 Å². The van der Waals surface area contributed by atoms with E-state index in [1.807, 2.05) is 6.07 Å². The molecule has 0 aliphatic carbocycles. The molecule has 3 rings (SSSR count). The van der Waals surface area contributed by atoms with Gasteiger partial charge in [0.25, 0.3) is 0 Å². The van der Waals surface area contributed by atoms with Gasteiger partial charge in [-0.2, -0.15) is 0 Å². The van der Waals surface area contributed by atoms with Gasteiger partial charge in [0.1, 0.15) is 0 Å². The molecule has 7 heteroatoms. The predicted octanol–water partition coefficient (Wildman–Crippen LogP) is 4.46. The largest absolute Gasteiger partial charge is 0.371 e. The van der Waals surface area contributed by atoms with Crippen molar-refractivity contribution in [1.82, 2.24) is 10.6 Å². The van der Waals surface area contributed by atoms with Crippen molar-refractivity contribution < 1.29 is 4.79 Å². The Hall–Kier alpha value is -0.680. The molecule has 28 heavy (non-hydrogen) atoms. The van der Waals surface area contributed by atoms with E-state index in [1.54, 1.807) is 0 Å². The van der Waals surface area contributed by atoms with Crippen LogP contribution in [0.25, 0.3) is 0 Å². The topological polar surface area (TPSA) is 44.4 Å². The van der Waals surface area contributed by atoms with Gasteiger partial charge in [0.05, 0.1) is 0 Å². The summed E-state index contributed by atoms with van der Waals surface area (Å²) in [6, 6.07) is 6.07. The van der Waals surface area contributed by atoms with Gasteiger partial charge in [-0.25, -0.2) is 0 Å². The van der Waals surface area contributed by atoms with Crippen molar-refractivity contribution >= 4 is 48.0 Å². The Bertz CT molecular complexity index is 623. The zero-order valence-electron chi connectivity index (χ0n) is 16.9. The van der Waals surface area contributed by atoms with E-state index in [4.69, 9.17) is 11.6 Å². The number of halogens is 3. The molecular formula is C21H34Cl3N3O. The fourth-order valence-electron chi connectivity index (χ4n) is 4.34. The first-order valence-electron chi connectivity index (χ1n) is 10.0. The summed E-state index contributed by atoms with van der Waals surface area (Å²) in [5.74, 6) is 1.90. The number of piperidine rings is 1. The van der Waals surface area contributed by atoms with E-state index in [9.17, 15) is 4.79 Å². The minimum absolute atomic E-state index is 0. The van der Waals surface area contributed by atoms with E-state index in [0.29, 0.717) is 24.2 Å². The third kappa shape index (κ3) is 6.98. The molecule has 2 aliphatic rings. The highest BCUT2D eigenvalue weighted by Gasteiger charge is 2.25. The highest BCUT2D eigenvalue weighted by molar-refractivity contribution is 6.30. The molecule has 2 heterocycles. The summed E-state index contributed by atoms with van der Waals surface area (Å²) in [7, 11) is 0. The Morgan fingerprint density at radius 3 is 2.71 bits per heavy atom. The van der Waals surface area contributed by atoms with Crippen LogP contribution in [0.15, 0.2) is 18.2 Å². The molecule has 1 aromatic rings. The molecular weight excluding hydrogens is 417 g/mol. The van der Waals surface area contributed by atoms with Gasteiger partial charge in [-0.05, 0) is 74.7 Å². The molecule has 160 valence electrons. The maximum absolute atomic E-state index is 12.3. The fourth-order valence-corrected chi connectivity index (χ4v) is 4.51. The maximum Gasteiger partial charge on any atom is 0.220 e. The summed E-state index contributed by atoms with van der Waals surface area (Å²) in [6.45, 7) is 9.36. The smallest absolute Gasteiger partial charge is 0.220 e. The van der Waals surface area contributed by atoms with Crippen LogP contribution in [-0.2, 0) is 4.79 Å². The predicted molar refractivity (Wildman–Crippen MR) is 123 cm³/mol. The molecule has 2 fully saturated rings. The van der Waals surface area contributed by atoms with Crippen LogP contribution in [0.3, 0.4) is 0 Å². The average molecular weight is 451 g/mol. The Morgan fingerprint density at radius 1 is 1.29 bits per heavy atom. The number of nitrogens with zero attached hydrogens (tertiary/aromatic N) is 1. The van der Waals surface area contributed by atoms with Crippen molar-refractivity contribution in [2.45, 2.75) is 39.5 Å². The lowest BCUT2D eigenvalue weighted by atomic mass is 9.84. The summed E-state index contributed by atoms with van der Waals surface area (Å²) < 4.78 is 0. The monoisotopic (exact) mass is 449 g/mol. The zero-order chi connectivity index (χ0) is 18.5. The number of rotatable bonds is 6. The van der Waals surface area contributed by atoms with E-state index >= 15 is 0 Å². The number of nitrogens with one attached hydrogen (secondary N) is 2. The van der Waals surface area contributed by atoms with Gasteiger partial charge >= 0.3 is 0 Å². The van der Waals surface area contributed by atoms with Crippen molar-refractivity contribution in [2.75, 3.05) is 37.6 Å². The maximum atomic E-state index is 12.3. The summed E-state index contributed by atoms with van der Waals surface area (Å²) in [5, 5.41) is 7.37. The number of hydrogen-bond donors (Lipinski definition) is 2. The van der Waals surface area contributed by atoms with Crippen molar-refractivity contribution in [1.29, 1.82) is 0 Å². The number of carbonyl (C=O) groups is 1. The number of carbonyl (C=O) groups excluding carboxylic acids is 1. The van der Waals surface area contributed by atoms with Gasteiger partial charge in [0.15, 0.2) is 0 Å². The van der Waals surface area contributed by atoms with E-state index in [0.717, 1.165) is 44.2 Å². The van der Waals surface area contributed by atoms with Crippen molar-refractivity contribution in [3.63, 3.8) is 0 Å². The number of hydrogen-bond acceptors (Lipinski definition) is 3. The second kappa shape index (κ2) is 12.1. The molecule has 0 spiro atoms. The normalized spacial score (nSPS) is 20.8. The Kier molecular flexibility index (Phi) is 11.0. The summed E-state index contributed by atoms with van der Waals surface area (Å²) in [6.07, 6.45) is 4.18. The van der Waals surface area contributed by atoms with Gasteiger partial charge in [0, 0.05) is 36.8 Å². The minimum Gasteiger partial charge on any atom is -0.371 e. The molecule has 0 saturated carbocycles. The molecule has 1 amide bonds. The molecule has 2 unspecified atom stereocenters. The highest BCUT2D eigenvalue weighted by Crippen LogP contribution is 2.29. The van der Waals surface area contributed by atoms with Gasteiger partial charge in [-0.15, -0.1) is 24.8 Å². The SMILES string of the molecule is Cc1ccc(Cl)cc1N1CCC(CNC(=O)CC(C)C2CCNCC2)C1.Cl.Cl. The molecule has 0 bridgehead atoms. The molecule has 2 atom stereocenters. The van der Waals surface area contributed by atoms with Crippen molar-refractivity contribution in [3.05, 3.63) is 28.8 Å². The van der Waals surface area contributed by atoms with Gasteiger partial charge < -0.3 is 15.5 Å². The average Bonchev–Trinajstić information content (AvgIpc) is 3.11. The summed E-state index contributed by atoms with van der Waals surface area (Å²) >= 11 is 6.16. The molecule has 2 aliphatic heterocycles. The Morgan fingerprint density at radius 2 is 2.00 bits per heavy atom. The Labute approximate surface area is 187 Å². The van der Waals surface area contributed by atoms with Crippen LogP contribution in [0.1, 0.15) is 38.2 Å². The lowest BCUT2D eigenvalue weighted by molar-refractivity contribution is -0.122. The van der Waals surface area contributed by atoms with Crippen LogP contribution in [0.4, 0.5) is 5.69 Å². The second-order valence-corrected chi connectivity index (χ2v) is 8.54. The number of benzene rings is 1. The van der Waals surface area contributed by atoms with Crippen LogP contribution in [0.2, 0.25) is 5.02 Å². The number of aryl methyl sites for hydroxylation is 1. The lowest BCUT2D eigenvalue weighted by Crippen LogP contribution is -2.35. The lowest BCUT2D eigenvalue weighted by Gasteiger charge is -2.28. The first-order chi connectivity index (χ1) is 12.5. The van der Waals surface area contributed by atoms with E-state index in [2.05, 4.69) is 41.5 Å². The summed E-state index contributed by atoms with van der Waals surface area (Å²) in [4.78, 5) is 14.7. The third-order valence-electron chi connectivity index (χ3n) is 6.08. The fraction of sp³-hybridized carbons (Fsp3) is 0.667. The quantitative estimate of drug-likeness (QED) is 0.672. The van der Waals surface area contributed by atoms with Crippen LogP contribution >= 0.6 is 36.4 Å². The highest BCUT2D eigenvalue weighted by atomic mass is 35.5. The van der Waals surface area contributed by atoms with E-state index < -0.39 is 0 Å². The van der Waals surface area contributed by atoms with Crippen LogP contribution in [0, 0.1) is 24.7 Å². The van der Waals surface area contributed by atoms with E-state index in [-0.39, 0.29) is 30.7 Å². The first kappa shape index (κ1) is 25.4. The standard InChI is InChI=1S/C21H32ClN3O.2ClH/c1-15-3-4-19(22)12-20(15)25-10-7-17(14-25)13-24-21(26)11-16(2)18-5-8-23-9-6-18;;/h3-4,12,16-18,23H,5-11,13-14H2,1-2H3,(H,24,26);2*1H. The third-order valence-corrected chi connectivity index (χ3v) is 6.32. The zero-order valence-corrected chi connectivity index (χ0v) is 19.3. The van der Waals surface area contributed by atoms with E-state index in [1.165, 1.54) is 24.1 Å². The van der Waals surface area contributed by atoms with Crippen LogP contribution < -0.4 is 15.5 Å². The Balaban J connectivity index is 0.00000196. The first-order valence-corrected chi connectivity index (χ1v) is 10.4. The molecule has 0 aromatic heterocycles. The molecule has 2 saturated heterocycles. The van der Waals surface area contributed by atoms with Gasteiger partial charge in [0.2, 0.25) is 5.91 Å². The molecule has 0 radical (unpaired) electrons. The minimum atomic E-state index is 0. The van der Waals surface area contributed by atoms with Crippen molar-refractivity contribution in [2.24, 2.45) is 17.8 Å². The summed E-state index contributed by atoms with van der Waals surface area (Å²) in [5.41, 5.74) is 2.49. The number of anilines is 1. The van der Waals surface area contributed by atoms with Crippen molar-refractivity contribution in [3.8, 4) is 0 Å². The second-order valence-electron chi connectivity index (χ2n) is 8.10. The van der Waals surface area contributed by atoms with Gasteiger partial charge in [-0.3, -0.25) is 4.79 Å². The molecule has 2 N–H and O–H groups in total. The molecule has 1 aromatic carbocycles. The number of amides is 1. The van der Waals surface area contributed by atoms with Crippen LogP contribution in [-0.4, -0.2) is 38.6 Å².